The van der Waals surface area contributed by atoms with Gasteiger partial charge in [0.25, 0.3) is 0 Å². The van der Waals surface area contributed by atoms with E-state index in [1.165, 1.54) is 6.92 Å². The van der Waals surface area contributed by atoms with Crippen LogP contribution in [0.15, 0.2) is 24.3 Å². The lowest BCUT2D eigenvalue weighted by atomic mass is 10.1. The third kappa shape index (κ3) is 7.30. The number of benzene rings is 1. The molecule has 0 aliphatic heterocycles. The van der Waals surface area contributed by atoms with Gasteiger partial charge in [0.2, 0.25) is 5.91 Å². The molecule has 3 N–H and O–H groups in total. The number of nitrogens with one attached hydrogen (secondary N) is 2. The molecule has 126 valence electrons. The number of rotatable bonds is 5. The highest BCUT2D eigenvalue weighted by atomic mass is 16.6. The van der Waals surface area contributed by atoms with Crippen molar-refractivity contribution in [2.45, 2.75) is 45.8 Å². The largest absolute Gasteiger partial charge is 0.480 e. The van der Waals surface area contributed by atoms with Crippen LogP contribution >= 0.6 is 0 Å². The van der Waals surface area contributed by atoms with Crippen LogP contribution < -0.4 is 10.6 Å². The van der Waals surface area contributed by atoms with Crippen LogP contribution in [0.25, 0.3) is 0 Å². The maximum absolute atomic E-state index is 11.7. The zero-order valence-electron chi connectivity index (χ0n) is 13.7. The fourth-order valence-corrected chi connectivity index (χ4v) is 1.81. The van der Waals surface area contributed by atoms with Gasteiger partial charge in [0, 0.05) is 19.0 Å². The molecule has 0 aromatic heterocycles. The van der Waals surface area contributed by atoms with Crippen molar-refractivity contribution < 1.29 is 24.2 Å². The molecule has 7 nitrogen and oxygen atoms in total. The minimum absolute atomic E-state index is 0.106. The Morgan fingerprint density at radius 3 is 2.17 bits per heavy atom. The Balaban J connectivity index is 2.71. The van der Waals surface area contributed by atoms with Gasteiger partial charge in [0.05, 0.1) is 0 Å². The monoisotopic (exact) mass is 322 g/mol. The lowest BCUT2D eigenvalue weighted by Crippen LogP contribution is -2.44. The van der Waals surface area contributed by atoms with Gasteiger partial charge in [0.1, 0.15) is 11.6 Å². The first kappa shape index (κ1) is 18.5. The van der Waals surface area contributed by atoms with Gasteiger partial charge in [-0.2, -0.15) is 0 Å². The number of ether oxygens (including phenoxy) is 1. The molecule has 1 aromatic carbocycles. The normalized spacial score (nSPS) is 12.2. The first-order valence-corrected chi connectivity index (χ1v) is 7.15. The van der Waals surface area contributed by atoms with Crippen LogP contribution in [-0.4, -0.2) is 34.7 Å². The summed E-state index contributed by atoms with van der Waals surface area (Å²) in [6.45, 7) is 6.49. The van der Waals surface area contributed by atoms with Crippen LogP contribution in [0.3, 0.4) is 0 Å². The second-order valence-corrected chi connectivity index (χ2v) is 6.12. The average molecular weight is 322 g/mol. The summed E-state index contributed by atoms with van der Waals surface area (Å²) in [6, 6.07) is 5.62. The van der Waals surface area contributed by atoms with Gasteiger partial charge < -0.3 is 20.5 Å². The Kier molecular flexibility index (Phi) is 6.12. The van der Waals surface area contributed by atoms with Gasteiger partial charge >= 0.3 is 12.1 Å². The van der Waals surface area contributed by atoms with E-state index in [2.05, 4.69) is 10.6 Å². The molecule has 1 unspecified atom stereocenters. The first-order chi connectivity index (χ1) is 10.6. The molecule has 0 heterocycles. The van der Waals surface area contributed by atoms with E-state index < -0.39 is 23.7 Å². The van der Waals surface area contributed by atoms with E-state index in [0.29, 0.717) is 11.3 Å². The Morgan fingerprint density at radius 1 is 1.17 bits per heavy atom. The summed E-state index contributed by atoms with van der Waals surface area (Å²) in [5.41, 5.74) is 0.628. The third-order valence-corrected chi connectivity index (χ3v) is 2.70. The fraction of sp³-hybridized carbons (Fsp3) is 0.438. The number of carbonyl (C=O) groups is 3. The summed E-state index contributed by atoms with van der Waals surface area (Å²) >= 11 is 0. The van der Waals surface area contributed by atoms with Crippen molar-refractivity contribution in [3.8, 4) is 0 Å². The number of hydrogen-bond donors (Lipinski definition) is 3. The van der Waals surface area contributed by atoms with Crippen molar-refractivity contribution in [1.29, 1.82) is 0 Å². The van der Waals surface area contributed by atoms with E-state index in [-0.39, 0.29) is 12.3 Å². The molecule has 1 rings (SSSR count). The zero-order chi connectivity index (χ0) is 17.6. The summed E-state index contributed by atoms with van der Waals surface area (Å²) in [6.07, 6.45) is -0.672. The van der Waals surface area contributed by atoms with E-state index >= 15 is 0 Å². The highest BCUT2D eigenvalue weighted by Crippen LogP contribution is 2.12. The number of carbonyl (C=O) groups excluding carboxylic acids is 2. The first-order valence-electron chi connectivity index (χ1n) is 7.15. The number of carboxylic acid groups (broad SMARTS) is 1. The third-order valence-electron chi connectivity index (χ3n) is 2.70. The van der Waals surface area contributed by atoms with Gasteiger partial charge in [-0.3, -0.25) is 4.79 Å². The molecule has 1 atom stereocenters. The number of alkyl carbamates (subject to hydrolysis) is 1. The Labute approximate surface area is 135 Å². The summed E-state index contributed by atoms with van der Waals surface area (Å²) in [4.78, 5) is 33.9. The van der Waals surface area contributed by atoms with Gasteiger partial charge in [-0.15, -0.1) is 0 Å². The highest BCUT2D eigenvalue weighted by Gasteiger charge is 2.24. The maximum atomic E-state index is 11.7. The van der Waals surface area contributed by atoms with Crippen molar-refractivity contribution in [2.24, 2.45) is 0 Å². The summed E-state index contributed by atoms with van der Waals surface area (Å²) in [5.74, 6) is -1.34. The van der Waals surface area contributed by atoms with E-state index in [0.717, 1.165) is 0 Å². The molecular formula is C16H22N2O5. The van der Waals surface area contributed by atoms with Crippen molar-refractivity contribution in [1.82, 2.24) is 5.32 Å². The molecule has 0 saturated heterocycles. The molecule has 2 amide bonds. The molecule has 0 saturated carbocycles. The Hall–Kier alpha value is -2.57. The molecule has 1 aromatic rings. The number of carboxylic acids is 1. The lowest BCUT2D eigenvalue weighted by molar-refractivity contribution is -0.139. The summed E-state index contributed by atoms with van der Waals surface area (Å²) in [7, 11) is 0. The summed E-state index contributed by atoms with van der Waals surface area (Å²) in [5, 5.41) is 14.2. The van der Waals surface area contributed by atoms with Crippen LogP contribution in [0.5, 0.6) is 0 Å². The Morgan fingerprint density at radius 2 is 1.74 bits per heavy atom. The van der Waals surface area contributed by atoms with Crippen LogP contribution in [-0.2, 0) is 20.7 Å². The smallest absolute Gasteiger partial charge is 0.408 e. The fourth-order valence-electron chi connectivity index (χ4n) is 1.81. The topological polar surface area (TPSA) is 105 Å². The predicted molar refractivity (Wildman–Crippen MR) is 85.2 cm³/mol. The Bertz CT molecular complexity index is 575. The molecule has 0 fully saturated rings. The molecule has 0 spiro atoms. The van der Waals surface area contributed by atoms with E-state index in [1.807, 2.05) is 0 Å². The number of hydrogen-bond acceptors (Lipinski definition) is 4. The molecule has 0 aliphatic carbocycles. The van der Waals surface area contributed by atoms with Crippen LogP contribution in [0.1, 0.15) is 33.3 Å². The van der Waals surface area contributed by atoms with Crippen LogP contribution in [0, 0.1) is 0 Å². The molecule has 0 aliphatic rings. The summed E-state index contributed by atoms with van der Waals surface area (Å²) < 4.78 is 5.06. The van der Waals surface area contributed by atoms with Crippen LogP contribution in [0.2, 0.25) is 0 Å². The predicted octanol–water partition coefficient (Wildman–Crippen LogP) is 2.17. The van der Waals surface area contributed by atoms with Gasteiger partial charge in [0.15, 0.2) is 0 Å². The van der Waals surface area contributed by atoms with Crippen LogP contribution in [0.4, 0.5) is 10.5 Å². The van der Waals surface area contributed by atoms with Gasteiger partial charge in [-0.1, -0.05) is 12.1 Å². The second-order valence-electron chi connectivity index (χ2n) is 6.12. The van der Waals surface area contributed by atoms with Crippen molar-refractivity contribution in [3.63, 3.8) is 0 Å². The van der Waals surface area contributed by atoms with E-state index in [1.54, 1.807) is 45.0 Å². The van der Waals surface area contributed by atoms with Crippen molar-refractivity contribution in [2.75, 3.05) is 5.32 Å². The molecular weight excluding hydrogens is 300 g/mol. The number of anilines is 1. The molecule has 0 radical (unpaired) electrons. The minimum atomic E-state index is -1.15. The molecule has 0 bridgehead atoms. The SMILES string of the molecule is CC(=O)Nc1ccc(CC(NC(=O)OC(C)(C)C)C(=O)O)cc1. The standard InChI is InChI=1S/C16H22N2O5/c1-10(19)17-12-7-5-11(6-8-12)9-13(14(20)21)18-15(22)23-16(2,3)4/h5-8,13H,9H2,1-4H3,(H,17,19)(H,18,22)(H,20,21). The number of aliphatic carboxylic acids is 1. The quantitative estimate of drug-likeness (QED) is 0.770. The zero-order valence-corrected chi connectivity index (χ0v) is 13.7. The van der Waals surface area contributed by atoms with Crippen molar-refractivity contribution >= 4 is 23.7 Å². The van der Waals surface area contributed by atoms with E-state index in [4.69, 9.17) is 4.74 Å². The molecule has 23 heavy (non-hydrogen) atoms. The number of amides is 2. The van der Waals surface area contributed by atoms with E-state index in [9.17, 15) is 19.5 Å². The van der Waals surface area contributed by atoms with Crippen molar-refractivity contribution in [3.05, 3.63) is 29.8 Å². The molecule has 7 heteroatoms. The highest BCUT2D eigenvalue weighted by molar-refractivity contribution is 5.88. The second kappa shape index (κ2) is 7.62. The maximum Gasteiger partial charge on any atom is 0.408 e. The average Bonchev–Trinajstić information content (AvgIpc) is 2.37. The van der Waals surface area contributed by atoms with Gasteiger partial charge in [-0.05, 0) is 38.5 Å². The van der Waals surface area contributed by atoms with Gasteiger partial charge in [-0.25, -0.2) is 9.59 Å². The lowest BCUT2D eigenvalue weighted by Gasteiger charge is -2.22. The minimum Gasteiger partial charge on any atom is -0.480 e.